The largest absolute Gasteiger partial charge is 0.371 e. The van der Waals surface area contributed by atoms with Gasteiger partial charge in [0.1, 0.15) is 0 Å². The van der Waals surface area contributed by atoms with Gasteiger partial charge in [0, 0.05) is 18.8 Å². The van der Waals surface area contributed by atoms with E-state index in [-0.39, 0.29) is 0 Å². The van der Waals surface area contributed by atoms with Gasteiger partial charge in [0.15, 0.2) is 0 Å². The summed E-state index contributed by atoms with van der Waals surface area (Å²) < 4.78 is 0. The Labute approximate surface area is 93.1 Å². The molecule has 0 amide bonds. The Hall–Kier alpha value is -0.980. The van der Waals surface area contributed by atoms with Crippen LogP contribution in [-0.4, -0.2) is 13.1 Å². The standard InChI is InChI=1S/C14H21N/c1-11(2)10-13-9-8-12-6-4-5-7-14(12)15(13)3/h4-7,11,13H,8-10H2,1-3H3/t13-/m0/s1. The van der Waals surface area contributed by atoms with E-state index in [1.807, 2.05) is 0 Å². The number of rotatable bonds is 2. The highest BCUT2D eigenvalue weighted by Gasteiger charge is 2.23. The number of benzene rings is 1. The molecule has 1 nitrogen and oxygen atoms in total. The van der Waals surface area contributed by atoms with Gasteiger partial charge in [0.25, 0.3) is 0 Å². The van der Waals surface area contributed by atoms with Crippen LogP contribution < -0.4 is 4.90 Å². The van der Waals surface area contributed by atoms with Crippen molar-refractivity contribution in [2.24, 2.45) is 5.92 Å². The summed E-state index contributed by atoms with van der Waals surface area (Å²) in [4.78, 5) is 2.47. The monoisotopic (exact) mass is 203 g/mol. The molecule has 0 saturated heterocycles. The van der Waals surface area contributed by atoms with Crippen LogP contribution >= 0.6 is 0 Å². The molecule has 0 radical (unpaired) electrons. The third kappa shape index (κ3) is 2.17. The Bertz CT molecular complexity index is 330. The zero-order chi connectivity index (χ0) is 10.8. The average Bonchev–Trinajstić information content (AvgIpc) is 2.22. The highest BCUT2D eigenvalue weighted by Crippen LogP contribution is 2.31. The normalized spacial score (nSPS) is 20.5. The van der Waals surface area contributed by atoms with Gasteiger partial charge in [0.2, 0.25) is 0 Å². The quantitative estimate of drug-likeness (QED) is 0.711. The van der Waals surface area contributed by atoms with Crippen LogP contribution in [0.15, 0.2) is 24.3 Å². The molecule has 1 aliphatic heterocycles. The Morgan fingerprint density at radius 2 is 2.07 bits per heavy atom. The van der Waals surface area contributed by atoms with Crippen molar-refractivity contribution in [3.05, 3.63) is 29.8 Å². The van der Waals surface area contributed by atoms with Gasteiger partial charge < -0.3 is 4.90 Å². The minimum absolute atomic E-state index is 0.736. The van der Waals surface area contributed by atoms with Crippen LogP contribution in [0, 0.1) is 5.92 Å². The predicted octanol–water partition coefficient (Wildman–Crippen LogP) is 3.48. The zero-order valence-corrected chi connectivity index (χ0v) is 10.0. The molecule has 0 aliphatic carbocycles. The third-order valence-corrected chi connectivity index (χ3v) is 3.41. The molecular weight excluding hydrogens is 182 g/mol. The molecule has 1 heterocycles. The molecule has 0 aromatic heterocycles. The molecule has 0 bridgehead atoms. The molecule has 0 saturated carbocycles. The molecule has 0 N–H and O–H groups in total. The van der Waals surface area contributed by atoms with Crippen LogP contribution in [0.2, 0.25) is 0 Å². The summed E-state index contributed by atoms with van der Waals surface area (Å²) in [5.74, 6) is 0.794. The Morgan fingerprint density at radius 3 is 2.80 bits per heavy atom. The van der Waals surface area contributed by atoms with E-state index in [1.165, 1.54) is 30.5 Å². The number of hydrogen-bond donors (Lipinski definition) is 0. The number of anilines is 1. The fourth-order valence-electron chi connectivity index (χ4n) is 2.60. The Morgan fingerprint density at radius 1 is 1.33 bits per heavy atom. The van der Waals surface area contributed by atoms with Crippen LogP contribution in [-0.2, 0) is 6.42 Å². The zero-order valence-electron chi connectivity index (χ0n) is 10.0. The minimum atomic E-state index is 0.736. The molecule has 1 aromatic rings. The minimum Gasteiger partial charge on any atom is -0.371 e. The van der Waals surface area contributed by atoms with Crippen molar-refractivity contribution in [3.63, 3.8) is 0 Å². The molecule has 1 atom stereocenters. The Kier molecular flexibility index (Phi) is 2.99. The topological polar surface area (TPSA) is 3.24 Å². The summed E-state index contributed by atoms with van der Waals surface area (Å²) in [6.07, 6.45) is 3.87. The van der Waals surface area contributed by atoms with Crippen molar-refractivity contribution in [2.75, 3.05) is 11.9 Å². The van der Waals surface area contributed by atoms with Gasteiger partial charge in [-0.05, 0) is 36.8 Å². The molecule has 1 heteroatoms. The van der Waals surface area contributed by atoms with Gasteiger partial charge in [-0.3, -0.25) is 0 Å². The van der Waals surface area contributed by atoms with Gasteiger partial charge >= 0.3 is 0 Å². The fourth-order valence-corrected chi connectivity index (χ4v) is 2.60. The smallest absolute Gasteiger partial charge is 0.0398 e. The lowest BCUT2D eigenvalue weighted by Crippen LogP contribution is -2.36. The highest BCUT2D eigenvalue weighted by molar-refractivity contribution is 5.55. The summed E-state index contributed by atoms with van der Waals surface area (Å²) in [6, 6.07) is 9.54. The van der Waals surface area contributed by atoms with Gasteiger partial charge in [0.05, 0.1) is 0 Å². The second-order valence-corrected chi connectivity index (χ2v) is 5.06. The summed E-state index contributed by atoms with van der Waals surface area (Å²) in [5.41, 5.74) is 2.95. The lowest BCUT2D eigenvalue weighted by Gasteiger charge is -2.37. The number of para-hydroxylation sites is 1. The fraction of sp³-hybridized carbons (Fsp3) is 0.571. The maximum absolute atomic E-state index is 2.47. The maximum atomic E-state index is 2.47. The van der Waals surface area contributed by atoms with Crippen molar-refractivity contribution >= 4 is 5.69 Å². The second kappa shape index (κ2) is 4.26. The number of nitrogens with zero attached hydrogens (tertiary/aromatic N) is 1. The SMILES string of the molecule is CC(C)C[C@@H]1CCc2ccccc2N1C. The highest BCUT2D eigenvalue weighted by atomic mass is 15.1. The molecule has 1 aromatic carbocycles. The lowest BCUT2D eigenvalue weighted by molar-refractivity contribution is 0.446. The van der Waals surface area contributed by atoms with Crippen LogP contribution in [0.25, 0.3) is 0 Å². The van der Waals surface area contributed by atoms with Crippen LogP contribution in [0.5, 0.6) is 0 Å². The van der Waals surface area contributed by atoms with Gasteiger partial charge in [-0.15, -0.1) is 0 Å². The molecule has 82 valence electrons. The van der Waals surface area contributed by atoms with Gasteiger partial charge in [-0.25, -0.2) is 0 Å². The summed E-state index contributed by atoms with van der Waals surface area (Å²) in [7, 11) is 2.24. The van der Waals surface area contributed by atoms with E-state index in [9.17, 15) is 0 Å². The molecular formula is C14H21N. The number of fused-ring (bicyclic) bond motifs is 1. The molecule has 15 heavy (non-hydrogen) atoms. The van der Waals surface area contributed by atoms with Crippen LogP contribution in [0.4, 0.5) is 5.69 Å². The first-order valence-corrected chi connectivity index (χ1v) is 5.99. The first-order chi connectivity index (χ1) is 7.18. The lowest BCUT2D eigenvalue weighted by atomic mass is 9.91. The van der Waals surface area contributed by atoms with E-state index in [0.717, 1.165) is 12.0 Å². The number of hydrogen-bond acceptors (Lipinski definition) is 1. The van der Waals surface area contributed by atoms with Gasteiger partial charge in [-0.2, -0.15) is 0 Å². The van der Waals surface area contributed by atoms with Crippen LogP contribution in [0.3, 0.4) is 0 Å². The first-order valence-electron chi connectivity index (χ1n) is 5.99. The first kappa shape index (κ1) is 10.5. The van der Waals surface area contributed by atoms with Crippen LogP contribution in [0.1, 0.15) is 32.3 Å². The van der Waals surface area contributed by atoms with Crippen molar-refractivity contribution in [1.29, 1.82) is 0 Å². The summed E-state index contributed by atoms with van der Waals surface area (Å²) in [6.45, 7) is 4.63. The van der Waals surface area contributed by atoms with Crippen molar-refractivity contribution in [1.82, 2.24) is 0 Å². The van der Waals surface area contributed by atoms with E-state index in [4.69, 9.17) is 0 Å². The summed E-state index contributed by atoms with van der Waals surface area (Å²) in [5, 5.41) is 0. The van der Waals surface area contributed by atoms with Crippen molar-refractivity contribution < 1.29 is 0 Å². The molecule has 1 aliphatic rings. The second-order valence-electron chi connectivity index (χ2n) is 5.06. The van der Waals surface area contributed by atoms with E-state index < -0.39 is 0 Å². The Balaban J connectivity index is 2.18. The van der Waals surface area contributed by atoms with E-state index in [2.05, 4.69) is 50.1 Å². The average molecular weight is 203 g/mol. The van der Waals surface area contributed by atoms with Gasteiger partial charge in [-0.1, -0.05) is 32.0 Å². The van der Waals surface area contributed by atoms with E-state index in [0.29, 0.717) is 0 Å². The molecule has 0 fully saturated rings. The summed E-state index contributed by atoms with van der Waals surface area (Å²) >= 11 is 0. The van der Waals surface area contributed by atoms with Crippen molar-refractivity contribution in [2.45, 2.75) is 39.2 Å². The predicted molar refractivity (Wildman–Crippen MR) is 66.4 cm³/mol. The maximum Gasteiger partial charge on any atom is 0.0398 e. The third-order valence-electron chi connectivity index (χ3n) is 3.41. The van der Waals surface area contributed by atoms with E-state index >= 15 is 0 Å². The number of aryl methyl sites for hydroxylation is 1. The van der Waals surface area contributed by atoms with E-state index in [1.54, 1.807) is 0 Å². The van der Waals surface area contributed by atoms with Crippen molar-refractivity contribution in [3.8, 4) is 0 Å². The molecule has 2 rings (SSSR count). The molecule has 0 spiro atoms. The molecule has 0 unspecified atom stereocenters.